The van der Waals surface area contributed by atoms with Gasteiger partial charge < -0.3 is 19.4 Å². The molecule has 1 aliphatic rings. The number of methoxy groups -OCH3 is 2. The molecule has 0 bridgehead atoms. The number of aromatic nitrogens is 1. The number of carbonyl (C=O) groups excluding carboxylic acids is 1. The Morgan fingerprint density at radius 2 is 1.80 bits per heavy atom. The maximum atomic E-state index is 13.0. The molecule has 25 heavy (non-hydrogen) atoms. The number of ether oxygens (including phenoxy) is 2. The van der Waals surface area contributed by atoms with Crippen molar-refractivity contribution < 1.29 is 14.3 Å². The van der Waals surface area contributed by atoms with Gasteiger partial charge in [0.2, 0.25) is 0 Å². The fourth-order valence-electron chi connectivity index (χ4n) is 3.78. The van der Waals surface area contributed by atoms with Crippen molar-refractivity contribution >= 4 is 16.8 Å². The highest BCUT2D eigenvalue weighted by atomic mass is 16.5. The number of hydrogen-bond acceptors (Lipinski definition) is 3. The molecule has 1 aromatic carbocycles. The van der Waals surface area contributed by atoms with Gasteiger partial charge in [0, 0.05) is 30.1 Å². The Hall–Kier alpha value is -2.17. The van der Waals surface area contributed by atoms with E-state index in [1.54, 1.807) is 14.2 Å². The molecule has 1 amide bonds. The third-order valence-corrected chi connectivity index (χ3v) is 5.23. The molecule has 0 saturated heterocycles. The van der Waals surface area contributed by atoms with Crippen molar-refractivity contribution in [2.45, 2.75) is 39.0 Å². The zero-order chi connectivity index (χ0) is 17.8. The van der Waals surface area contributed by atoms with Gasteiger partial charge in [-0.25, -0.2) is 0 Å². The highest BCUT2D eigenvalue weighted by molar-refractivity contribution is 5.98. The van der Waals surface area contributed by atoms with Gasteiger partial charge in [-0.3, -0.25) is 4.79 Å². The van der Waals surface area contributed by atoms with Crippen molar-refractivity contribution in [1.82, 2.24) is 9.88 Å². The third-order valence-electron chi connectivity index (χ3n) is 5.23. The minimum absolute atomic E-state index is 0.0715. The molecule has 3 rings (SSSR count). The van der Waals surface area contributed by atoms with Crippen molar-refractivity contribution in [2.24, 2.45) is 5.92 Å². The van der Waals surface area contributed by atoms with Crippen LogP contribution in [0.3, 0.4) is 0 Å². The van der Waals surface area contributed by atoms with Gasteiger partial charge in [0.05, 0.1) is 14.2 Å². The Balaban J connectivity index is 1.82. The minimum Gasteiger partial charge on any atom is -0.493 e. The first-order valence-electron chi connectivity index (χ1n) is 9.20. The molecule has 1 heterocycles. The summed E-state index contributed by atoms with van der Waals surface area (Å²) in [6.07, 6.45) is 6.41. The Morgan fingerprint density at radius 3 is 2.44 bits per heavy atom. The van der Waals surface area contributed by atoms with E-state index in [0.717, 1.165) is 24.0 Å². The largest absolute Gasteiger partial charge is 0.493 e. The van der Waals surface area contributed by atoms with Crippen molar-refractivity contribution in [3.05, 3.63) is 23.9 Å². The number of H-pyrrole nitrogens is 1. The summed E-state index contributed by atoms with van der Waals surface area (Å²) in [6, 6.07) is 5.68. The molecular weight excluding hydrogens is 316 g/mol. The maximum Gasteiger partial charge on any atom is 0.270 e. The van der Waals surface area contributed by atoms with E-state index in [1.165, 1.54) is 32.1 Å². The van der Waals surface area contributed by atoms with E-state index in [0.29, 0.717) is 23.1 Å². The summed E-state index contributed by atoms with van der Waals surface area (Å²) >= 11 is 0. The number of nitrogens with one attached hydrogen (secondary N) is 1. The van der Waals surface area contributed by atoms with Crippen LogP contribution in [0.25, 0.3) is 10.9 Å². The zero-order valence-corrected chi connectivity index (χ0v) is 15.4. The second-order valence-corrected chi connectivity index (χ2v) is 6.83. The summed E-state index contributed by atoms with van der Waals surface area (Å²) in [5.74, 6) is 2.04. The molecule has 2 aromatic rings. The van der Waals surface area contributed by atoms with E-state index in [1.807, 2.05) is 23.1 Å². The predicted octanol–water partition coefficient (Wildman–Crippen LogP) is 4.23. The molecule has 1 fully saturated rings. The normalized spacial score (nSPS) is 15.3. The van der Waals surface area contributed by atoms with Gasteiger partial charge in [-0.15, -0.1) is 0 Å². The van der Waals surface area contributed by atoms with Crippen LogP contribution in [0.5, 0.6) is 11.5 Å². The first-order chi connectivity index (χ1) is 12.2. The van der Waals surface area contributed by atoms with Crippen molar-refractivity contribution in [3.8, 4) is 11.5 Å². The number of aromatic amines is 1. The summed E-state index contributed by atoms with van der Waals surface area (Å²) in [5, 5.41) is 0.953. The second-order valence-electron chi connectivity index (χ2n) is 6.83. The standard InChI is InChI=1S/C20H28N2O3/c1-4-22(13-14-8-6-5-7-9-14)20(23)17-10-15-11-18(24-2)19(25-3)12-16(15)21-17/h10-12,14,21H,4-9,13H2,1-3H3. The topological polar surface area (TPSA) is 54.6 Å². The van der Waals surface area contributed by atoms with Crippen molar-refractivity contribution in [3.63, 3.8) is 0 Å². The Bertz CT molecular complexity index is 691. The van der Waals surface area contributed by atoms with Gasteiger partial charge in [-0.1, -0.05) is 19.3 Å². The number of carbonyl (C=O) groups is 1. The van der Waals surface area contributed by atoms with Gasteiger partial charge in [0.15, 0.2) is 11.5 Å². The summed E-state index contributed by atoms with van der Waals surface area (Å²) in [4.78, 5) is 18.2. The zero-order valence-electron chi connectivity index (χ0n) is 15.4. The highest BCUT2D eigenvalue weighted by Gasteiger charge is 2.22. The van der Waals surface area contributed by atoms with Crippen LogP contribution < -0.4 is 9.47 Å². The van der Waals surface area contributed by atoms with E-state index in [4.69, 9.17) is 9.47 Å². The number of hydrogen-bond donors (Lipinski definition) is 1. The maximum absolute atomic E-state index is 13.0. The third kappa shape index (κ3) is 3.75. The molecule has 136 valence electrons. The average molecular weight is 344 g/mol. The van der Waals surface area contributed by atoms with Crippen LogP contribution in [0.2, 0.25) is 0 Å². The van der Waals surface area contributed by atoms with E-state index in [-0.39, 0.29) is 5.91 Å². The number of rotatable bonds is 6. The molecule has 1 saturated carbocycles. The average Bonchev–Trinajstić information content (AvgIpc) is 3.08. The van der Waals surface area contributed by atoms with Crippen LogP contribution in [0.15, 0.2) is 18.2 Å². The molecule has 0 unspecified atom stereocenters. The molecule has 0 atom stereocenters. The molecule has 1 N–H and O–H groups in total. The number of fused-ring (bicyclic) bond motifs is 1. The first-order valence-corrected chi connectivity index (χ1v) is 9.20. The SMILES string of the molecule is CCN(CC1CCCCC1)C(=O)c1cc2cc(OC)c(OC)cc2[nH]1. The molecule has 0 aliphatic heterocycles. The van der Waals surface area contributed by atoms with Crippen molar-refractivity contribution in [1.29, 1.82) is 0 Å². The van der Waals surface area contributed by atoms with E-state index < -0.39 is 0 Å². The summed E-state index contributed by atoms with van der Waals surface area (Å²) < 4.78 is 10.7. The Morgan fingerprint density at radius 1 is 1.12 bits per heavy atom. The predicted molar refractivity (Wildman–Crippen MR) is 99.6 cm³/mol. The number of amides is 1. The fraction of sp³-hybridized carbons (Fsp3) is 0.550. The lowest BCUT2D eigenvalue weighted by molar-refractivity contribution is 0.0719. The smallest absolute Gasteiger partial charge is 0.270 e. The van der Waals surface area contributed by atoms with Crippen LogP contribution >= 0.6 is 0 Å². The van der Waals surface area contributed by atoms with E-state index in [2.05, 4.69) is 11.9 Å². The quantitative estimate of drug-likeness (QED) is 0.853. The lowest BCUT2D eigenvalue weighted by Gasteiger charge is -2.28. The molecule has 5 heteroatoms. The van der Waals surface area contributed by atoms with Crippen LogP contribution in [-0.2, 0) is 0 Å². The molecule has 0 spiro atoms. The highest BCUT2D eigenvalue weighted by Crippen LogP contribution is 2.32. The monoisotopic (exact) mass is 344 g/mol. The van der Waals surface area contributed by atoms with Crippen LogP contribution in [0.1, 0.15) is 49.5 Å². The lowest BCUT2D eigenvalue weighted by Crippen LogP contribution is -2.36. The van der Waals surface area contributed by atoms with Gasteiger partial charge in [-0.05, 0) is 37.8 Å². The minimum atomic E-state index is 0.0715. The summed E-state index contributed by atoms with van der Waals surface area (Å²) in [5.41, 5.74) is 1.51. The van der Waals surface area contributed by atoms with Gasteiger partial charge >= 0.3 is 0 Å². The van der Waals surface area contributed by atoms with Gasteiger partial charge in [0.1, 0.15) is 5.69 Å². The molecular formula is C20H28N2O3. The van der Waals surface area contributed by atoms with Crippen LogP contribution in [0, 0.1) is 5.92 Å². The molecule has 0 radical (unpaired) electrons. The fourth-order valence-corrected chi connectivity index (χ4v) is 3.78. The second kappa shape index (κ2) is 7.81. The van der Waals surface area contributed by atoms with Gasteiger partial charge in [-0.2, -0.15) is 0 Å². The Labute approximate surface area is 149 Å². The number of nitrogens with zero attached hydrogens (tertiary/aromatic N) is 1. The molecule has 1 aromatic heterocycles. The Kier molecular flexibility index (Phi) is 5.51. The van der Waals surface area contributed by atoms with Crippen LogP contribution in [0.4, 0.5) is 0 Å². The van der Waals surface area contributed by atoms with Crippen LogP contribution in [-0.4, -0.2) is 43.1 Å². The van der Waals surface area contributed by atoms with E-state index >= 15 is 0 Å². The van der Waals surface area contributed by atoms with E-state index in [9.17, 15) is 4.79 Å². The van der Waals surface area contributed by atoms with Gasteiger partial charge in [0.25, 0.3) is 5.91 Å². The number of benzene rings is 1. The molecule has 1 aliphatic carbocycles. The summed E-state index contributed by atoms with van der Waals surface area (Å²) in [6.45, 7) is 3.64. The lowest BCUT2D eigenvalue weighted by atomic mass is 9.89. The summed E-state index contributed by atoms with van der Waals surface area (Å²) in [7, 11) is 3.23. The first kappa shape index (κ1) is 17.6. The van der Waals surface area contributed by atoms with Crippen molar-refractivity contribution in [2.75, 3.05) is 27.3 Å². The molecule has 5 nitrogen and oxygen atoms in total.